The summed E-state index contributed by atoms with van der Waals surface area (Å²) in [7, 11) is 5.31. The first-order valence-corrected chi connectivity index (χ1v) is 6.90. The number of benzene rings is 1. The van der Waals surface area contributed by atoms with Gasteiger partial charge in [0, 0.05) is 34.3 Å². The van der Waals surface area contributed by atoms with Gasteiger partial charge in [-0.15, -0.1) is 24.0 Å². The molecule has 0 saturated heterocycles. The number of methoxy groups -OCH3 is 1. The molecule has 0 spiro atoms. The van der Waals surface area contributed by atoms with Crippen molar-refractivity contribution in [2.24, 2.45) is 4.99 Å². The number of nitrogens with one attached hydrogen (secondary N) is 1. The molecule has 126 valence electrons. The van der Waals surface area contributed by atoms with E-state index < -0.39 is 0 Å². The van der Waals surface area contributed by atoms with Crippen molar-refractivity contribution in [3.05, 3.63) is 35.6 Å². The number of hydrogen-bond acceptors (Lipinski definition) is 3. The van der Waals surface area contributed by atoms with Crippen LogP contribution < -0.4 is 5.32 Å². The molecule has 0 bridgehead atoms. The van der Waals surface area contributed by atoms with Crippen LogP contribution in [0.15, 0.2) is 29.3 Å². The topological polar surface area (TPSA) is 46.1 Å². The summed E-state index contributed by atoms with van der Waals surface area (Å²) >= 11 is 0. The molecule has 0 unspecified atom stereocenters. The third kappa shape index (κ3) is 8.50. The van der Waals surface area contributed by atoms with Crippen LogP contribution in [0.3, 0.4) is 0 Å². The van der Waals surface area contributed by atoms with Crippen molar-refractivity contribution in [2.45, 2.75) is 6.54 Å². The number of ether oxygens (including phenoxy) is 2. The minimum atomic E-state index is -0.225. The number of nitrogens with zero attached hydrogens (tertiary/aromatic N) is 2. The number of hydrogen-bond donors (Lipinski definition) is 1. The van der Waals surface area contributed by atoms with Crippen molar-refractivity contribution < 1.29 is 13.9 Å². The molecule has 0 radical (unpaired) electrons. The summed E-state index contributed by atoms with van der Waals surface area (Å²) in [6.45, 7) is 3.10. The first-order valence-electron chi connectivity index (χ1n) is 6.90. The van der Waals surface area contributed by atoms with Gasteiger partial charge in [0.2, 0.25) is 0 Å². The molecule has 0 saturated carbocycles. The summed E-state index contributed by atoms with van der Waals surface area (Å²) in [6.07, 6.45) is 0. The Balaban J connectivity index is 0.00000441. The van der Waals surface area contributed by atoms with E-state index in [9.17, 15) is 4.39 Å². The molecule has 0 aliphatic carbocycles. The molecular weight excluding hydrogens is 400 g/mol. The van der Waals surface area contributed by atoms with Crippen LogP contribution in [0.4, 0.5) is 4.39 Å². The predicted molar refractivity (Wildman–Crippen MR) is 97.3 cm³/mol. The van der Waals surface area contributed by atoms with Crippen LogP contribution in [0, 0.1) is 5.82 Å². The highest BCUT2D eigenvalue weighted by Gasteiger charge is 2.06. The van der Waals surface area contributed by atoms with Crippen LogP contribution in [0.1, 0.15) is 5.56 Å². The fourth-order valence-corrected chi connectivity index (χ4v) is 1.80. The predicted octanol–water partition coefficient (Wildman–Crippen LogP) is 2.11. The maximum Gasteiger partial charge on any atom is 0.193 e. The normalized spacial score (nSPS) is 11.0. The summed E-state index contributed by atoms with van der Waals surface area (Å²) in [4.78, 5) is 6.19. The summed E-state index contributed by atoms with van der Waals surface area (Å²) in [6, 6.07) is 6.46. The van der Waals surface area contributed by atoms with Gasteiger partial charge in [-0.05, 0) is 17.7 Å². The summed E-state index contributed by atoms with van der Waals surface area (Å²) in [5, 5.41) is 3.21. The Kier molecular flexibility index (Phi) is 12.1. The minimum absolute atomic E-state index is 0. The molecule has 1 rings (SSSR count). The molecule has 5 nitrogen and oxygen atoms in total. The molecule has 1 aromatic carbocycles. The fraction of sp³-hybridized carbons (Fsp3) is 0.533. The smallest absolute Gasteiger partial charge is 0.193 e. The van der Waals surface area contributed by atoms with E-state index in [1.165, 1.54) is 12.1 Å². The Morgan fingerprint density at radius 1 is 1.23 bits per heavy atom. The molecule has 0 aromatic heterocycles. The Labute approximate surface area is 148 Å². The second kappa shape index (κ2) is 12.6. The molecule has 0 aliphatic rings. The maximum absolute atomic E-state index is 12.9. The van der Waals surface area contributed by atoms with Gasteiger partial charge in [-0.3, -0.25) is 4.99 Å². The van der Waals surface area contributed by atoms with E-state index in [2.05, 4.69) is 10.3 Å². The average molecular weight is 425 g/mol. The minimum Gasteiger partial charge on any atom is -0.382 e. The van der Waals surface area contributed by atoms with Crippen LogP contribution in [0.5, 0.6) is 0 Å². The van der Waals surface area contributed by atoms with E-state index in [-0.39, 0.29) is 29.8 Å². The van der Waals surface area contributed by atoms with Gasteiger partial charge in [0.05, 0.1) is 19.8 Å². The average Bonchev–Trinajstić information content (AvgIpc) is 2.49. The van der Waals surface area contributed by atoms with Crippen molar-refractivity contribution in [3.8, 4) is 0 Å². The van der Waals surface area contributed by atoms with Crippen LogP contribution in [-0.4, -0.2) is 58.4 Å². The summed E-state index contributed by atoms with van der Waals surface area (Å²) in [5.74, 6) is 0.548. The Bertz CT molecular complexity index is 429. The SMILES string of the molecule is CN=C(NCCOCCOC)N(C)Cc1ccc(F)cc1.I. The van der Waals surface area contributed by atoms with E-state index in [0.717, 1.165) is 11.5 Å². The lowest BCUT2D eigenvalue weighted by Crippen LogP contribution is -2.40. The van der Waals surface area contributed by atoms with E-state index in [0.29, 0.717) is 32.9 Å². The number of rotatable bonds is 8. The van der Waals surface area contributed by atoms with Crippen molar-refractivity contribution in [1.82, 2.24) is 10.2 Å². The van der Waals surface area contributed by atoms with Crippen LogP contribution >= 0.6 is 24.0 Å². The third-order valence-electron chi connectivity index (χ3n) is 2.87. The highest BCUT2D eigenvalue weighted by atomic mass is 127. The quantitative estimate of drug-likeness (QED) is 0.300. The third-order valence-corrected chi connectivity index (χ3v) is 2.87. The molecule has 0 fully saturated rings. The highest BCUT2D eigenvalue weighted by Crippen LogP contribution is 2.05. The standard InChI is InChI=1S/C15H24FN3O2.HI/c1-17-15(18-8-9-21-11-10-20-3)19(2)12-13-4-6-14(16)7-5-13;/h4-7H,8-12H2,1-3H3,(H,17,18);1H. The molecule has 0 amide bonds. The van der Waals surface area contributed by atoms with Gasteiger partial charge in [-0.2, -0.15) is 0 Å². The van der Waals surface area contributed by atoms with Crippen LogP contribution in [0.25, 0.3) is 0 Å². The Morgan fingerprint density at radius 2 is 1.91 bits per heavy atom. The Morgan fingerprint density at radius 3 is 2.50 bits per heavy atom. The first kappa shape index (κ1) is 21.1. The van der Waals surface area contributed by atoms with Crippen molar-refractivity contribution >= 4 is 29.9 Å². The molecule has 22 heavy (non-hydrogen) atoms. The molecule has 0 aliphatic heterocycles. The van der Waals surface area contributed by atoms with Crippen LogP contribution in [0.2, 0.25) is 0 Å². The van der Waals surface area contributed by atoms with Crippen molar-refractivity contribution in [1.29, 1.82) is 0 Å². The lowest BCUT2D eigenvalue weighted by atomic mass is 10.2. The van der Waals surface area contributed by atoms with Gasteiger partial charge in [0.25, 0.3) is 0 Å². The Hall–Kier alpha value is -0.930. The van der Waals surface area contributed by atoms with E-state index in [1.807, 2.05) is 11.9 Å². The zero-order chi connectivity index (χ0) is 15.5. The zero-order valence-corrected chi connectivity index (χ0v) is 15.7. The summed E-state index contributed by atoms with van der Waals surface area (Å²) < 4.78 is 23.1. The molecule has 1 aromatic rings. The van der Waals surface area contributed by atoms with Gasteiger partial charge in [-0.1, -0.05) is 12.1 Å². The van der Waals surface area contributed by atoms with E-state index in [1.54, 1.807) is 26.3 Å². The largest absolute Gasteiger partial charge is 0.382 e. The molecule has 7 heteroatoms. The van der Waals surface area contributed by atoms with Gasteiger partial charge < -0.3 is 19.7 Å². The molecule has 0 atom stereocenters. The van der Waals surface area contributed by atoms with Crippen molar-refractivity contribution in [2.75, 3.05) is 47.6 Å². The molecular formula is C15H25FIN3O2. The van der Waals surface area contributed by atoms with E-state index in [4.69, 9.17) is 9.47 Å². The van der Waals surface area contributed by atoms with E-state index >= 15 is 0 Å². The lowest BCUT2D eigenvalue weighted by Gasteiger charge is -2.22. The number of halogens is 2. The van der Waals surface area contributed by atoms with Gasteiger partial charge in [0.15, 0.2) is 5.96 Å². The summed E-state index contributed by atoms with van der Waals surface area (Å²) in [5.41, 5.74) is 1.03. The monoisotopic (exact) mass is 425 g/mol. The highest BCUT2D eigenvalue weighted by molar-refractivity contribution is 14.0. The first-order chi connectivity index (χ1) is 10.2. The molecule has 0 heterocycles. The van der Waals surface area contributed by atoms with Gasteiger partial charge >= 0.3 is 0 Å². The second-order valence-electron chi connectivity index (χ2n) is 4.56. The van der Waals surface area contributed by atoms with Crippen LogP contribution in [-0.2, 0) is 16.0 Å². The zero-order valence-electron chi connectivity index (χ0n) is 13.3. The number of aliphatic imine (C=N–C) groups is 1. The second-order valence-corrected chi connectivity index (χ2v) is 4.56. The molecule has 1 N–H and O–H groups in total. The maximum atomic E-state index is 12.9. The van der Waals surface area contributed by atoms with Crippen molar-refractivity contribution in [3.63, 3.8) is 0 Å². The number of guanidine groups is 1. The van der Waals surface area contributed by atoms with Gasteiger partial charge in [0.1, 0.15) is 5.82 Å². The lowest BCUT2D eigenvalue weighted by molar-refractivity contribution is 0.0731. The van der Waals surface area contributed by atoms with Gasteiger partial charge in [-0.25, -0.2) is 4.39 Å². The fourth-order valence-electron chi connectivity index (χ4n) is 1.80.